The lowest BCUT2D eigenvalue weighted by Crippen LogP contribution is -3.01. The van der Waals surface area contributed by atoms with E-state index in [9.17, 15) is 14.4 Å². The second kappa shape index (κ2) is 2.71. The second-order valence-electron chi connectivity index (χ2n) is 4.59. The van der Waals surface area contributed by atoms with Crippen molar-refractivity contribution in [3.05, 3.63) is 0 Å². The van der Waals surface area contributed by atoms with Crippen LogP contribution in [0.2, 0.25) is 11.3 Å². The minimum atomic E-state index is -1.31. The van der Waals surface area contributed by atoms with Gasteiger partial charge in [-0.05, 0) is 11.3 Å². The maximum absolute atomic E-state index is 9.94. The molecule has 68 valence electrons. The first kappa shape index (κ1) is 8.69. The molecule has 3 N–H and O–H groups in total. The minimum absolute atomic E-state index is 0.244. The fourth-order valence-electron chi connectivity index (χ4n) is 3.60. The zero-order chi connectivity index (χ0) is 8.46. The molecule has 12 heavy (non-hydrogen) atoms. The molecule has 0 radical (unpaired) electrons. The smallest absolute Gasteiger partial charge is 0.166 e. The number of hydrogen-bond donors (Lipinski definition) is 3. The van der Waals surface area contributed by atoms with Crippen molar-refractivity contribution in [2.45, 2.75) is 11.3 Å². The van der Waals surface area contributed by atoms with Crippen molar-refractivity contribution in [3.8, 4) is 0 Å². The molecule has 4 unspecified atom stereocenters. The van der Waals surface area contributed by atoms with Crippen molar-refractivity contribution in [1.82, 2.24) is 0 Å². The third-order valence-electron chi connectivity index (χ3n) is 4.19. The van der Waals surface area contributed by atoms with Gasteiger partial charge in [0.05, 0.1) is 7.35 Å². The summed E-state index contributed by atoms with van der Waals surface area (Å²) >= 11 is 0. The van der Waals surface area contributed by atoms with Gasteiger partial charge in [0.25, 0.3) is 0 Å². The van der Waals surface area contributed by atoms with Crippen molar-refractivity contribution < 1.29 is 14.4 Å². The molecule has 3 heterocycles. The van der Waals surface area contributed by atoms with Gasteiger partial charge in [-0.3, -0.25) is 0 Å². The van der Waals surface area contributed by atoms with Crippen LogP contribution >= 0.6 is 0 Å². The van der Waals surface area contributed by atoms with E-state index in [1.165, 1.54) is 11.3 Å². The van der Waals surface area contributed by atoms with Crippen LogP contribution in [-0.4, -0.2) is 69.9 Å². The first-order valence-electron chi connectivity index (χ1n) is 4.74. The highest BCUT2D eigenvalue weighted by molar-refractivity contribution is 8.26. The summed E-state index contributed by atoms with van der Waals surface area (Å²) in [4.78, 5) is 29.6. The van der Waals surface area contributed by atoms with Gasteiger partial charge in [-0.1, -0.05) is 0 Å². The lowest BCUT2D eigenvalue weighted by Gasteiger charge is -2.63. The Kier molecular flexibility index (Phi) is 1.96. The predicted octanol–water partition coefficient (Wildman–Crippen LogP) is -5.29. The highest BCUT2D eigenvalue weighted by atomic mass is 30.5. The molecule has 0 aromatic carbocycles. The summed E-state index contributed by atoms with van der Waals surface area (Å²) in [5.41, 5.74) is 2.47. The first-order chi connectivity index (χ1) is 5.70. The third-order valence-corrected chi connectivity index (χ3v) is 183. The normalized spacial score (nSPS) is 67.8. The SMILES string of the molecule is O[SiH]1C[SiH]2[SiH](O)[SiH]3[SiH](O)[SiH](C1)[SiH]23. The van der Waals surface area contributed by atoms with E-state index in [1.807, 2.05) is 0 Å². The van der Waals surface area contributed by atoms with Crippen LogP contribution in [0.5, 0.6) is 0 Å². The molecule has 0 spiro atoms. The Morgan fingerprint density at radius 3 is 1.75 bits per heavy atom. The van der Waals surface area contributed by atoms with Crippen LogP contribution in [0.15, 0.2) is 0 Å². The number of hydrogen-bond acceptors (Lipinski definition) is 3. The molecule has 0 saturated carbocycles. The largest absolute Gasteiger partial charge is 0.442 e. The molecule has 4 atom stereocenters. The van der Waals surface area contributed by atoms with E-state index in [1.54, 1.807) is 0 Å². The Labute approximate surface area is 81.2 Å². The number of rotatable bonds is 0. The molecule has 3 aliphatic heterocycles. The summed E-state index contributed by atoms with van der Waals surface area (Å²) < 4.78 is 0. The Morgan fingerprint density at radius 1 is 0.750 bits per heavy atom. The second-order valence-corrected chi connectivity index (χ2v) is 72.0. The van der Waals surface area contributed by atoms with Crippen molar-refractivity contribution in [2.24, 2.45) is 0 Å². The quantitative estimate of drug-likeness (QED) is 0.389. The van der Waals surface area contributed by atoms with Gasteiger partial charge >= 0.3 is 0 Å². The van der Waals surface area contributed by atoms with Gasteiger partial charge in [-0.25, -0.2) is 0 Å². The van der Waals surface area contributed by atoms with Crippen LogP contribution in [0.1, 0.15) is 0 Å². The standard InChI is InChI=1S/C2H14O3Si7/c3-6-1-7-9(4)12-10(5)8(2-6)11(7)12/h3-12H,1-2H2. The molecule has 0 aromatic heterocycles. The lowest BCUT2D eigenvalue weighted by atomic mass is 11.8. The summed E-state index contributed by atoms with van der Waals surface area (Å²) in [5.74, 6) is 0. The molecule has 0 bridgehead atoms. The van der Waals surface area contributed by atoms with Gasteiger partial charge in [-0.2, -0.15) is 0 Å². The fourth-order valence-corrected chi connectivity index (χ4v) is 342. The highest BCUT2D eigenvalue weighted by Gasteiger charge is 2.72. The van der Waals surface area contributed by atoms with E-state index < -0.39 is 48.2 Å². The van der Waals surface area contributed by atoms with Crippen LogP contribution in [-0.2, 0) is 0 Å². The third kappa shape index (κ3) is 0.881. The molecule has 3 rings (SSSR count). The van der Waals surface area contributed by atoms with E-state index in [0.29, 0.717) is 0 Å². The monoisotopic (exact) mass is 282 g/mol. The van der Waals surface area contributed by atoms with Crippen molar-refractivity contribution in [3.63, 3.8) is 0 Å². The summed E-state index contributed by atoms with van der Waals surface area (Å²) in [5, 5.41) is 0. The van der Waals surface area contributed by atoms with Crippen LogP contribution in [0, 0.1) is 0 Å². The molecule has 0 aromatic rings. The molecule has 0 amide bonds. The van der Waals surface area contributed by atoms with E-state index in [-0.39, 0.29) is 7.35 Å². The zero-order valence-corrected chi connectivity index (χ0v) is 14.9. The van der Waals surface area contributed by atoms with Crippen molar-refractivity contribution in [1.29, 1.82) is 0 Å². The Balaban J connectivity index is 1.84. The Bertz CT molecular complexity index is 205. The van der Waals surface area contributed by atoms with Gasteiger partial charge in [0.1, 0.15) is 16.2 Å². The Morgan fingerprint density at radius 2 is 1.25 bits per heavy atom. The topological polar surface area (TPSA) is 60.7 Å². The molecular weight excluding hydrogens is 269 g/mol. The summed E-state index contributed by atoms with van der Waals surface area (Å²) in [6.45, 7) is 0. The van der Waals surface area contributed by atoms with Gasteiger partial charge in [0.15, 0.2) is 9.04 Å². The zero-order valence-electron chi connectivity index (χ0n) is 6.80. The highest BCUT2D eigenvalue weighted by Crippen LogP contribution is 2.37. The van der Waals surface area contributed by atoms with Crippen LogP contribution in [0.25, 0.3) is 0 Å². The predicted molar refractivity (Wildman–Crippen MR) is 66.3 cm³/mol. The maximum atomic E-state index is 9.94. The molecular formula is C2H14O3Si7. The van der Waals surface area contributed by atoms with E-state index in [0.717, 1.165) is 0 Å². The summed E-state index contributed by atoms with van der Waals surface area (Å²) in [6.07, 6.45) is 0. The minimum Gasteiger partial charge on any atom is -0.442 e. The van der Waals surface area contributed by atoms with Gasteiger partial charge in [0.2, 0.25) is 0 Å². The molecule has 3 aliphatic rings. The van der Waals surface area contributed by atoms with Gasteiger partial charge in [-0.15, -0.1) is 0 Å². The molecule has 3 nitrogen and oxygen atoms in total. The van der Waals surface area contributed by atoms with Gasteiger partial charge < -0.3 is 14.4 Å². The molecule has 3 fully saturated rings. The first-order valence-corrected chi connectivity index (χ1v) is 28.2. The average molecular weight is 283 g/mol. The average Bonchev–Trinajstić information content (AvgIpc) is 2.04. The lowest BCUT2D eigenvalue weighted by molar-refractivity contribution is 0.578. The maximum Gasteiger partial charge on any atom is 0.166 e. The van der Waals surface area contributed by atoms with Gasteiger partial charge in [0, 0.05) is 23.0 Å². The Hall–Kier alpha value is 1.40. The van der Waals surface area contributed by atoms with E-state index >= 15 is 0 Å². The summed E-state index contributed by atoms with van der Waals surface area (Å²) in [7, 11) is -5.64. The van der Waals surface area contributed by atoms with Crippen LogP contribution in [0.3, 0.4) is 0 Å². The fraction of sp³-hybridized carbons (Fsp3) is 1.00. The molecule has 10 heteroatoms. The van der Waals surface area contributed by atoms with Crippen LogP contribution in [0.4, 0.5) is 0 Å². The van der Waals surface area contributed by atoms with Crippen molar-refractivity contribution >= 4 is 55.6 Å². The van der Waals surface area contributed by atoms with E-state index in [2.05, 4.69) is 0 Å². The van der Waals surface area contributed by atoms with E-state index in [4.69, 9.17) is 0 Å². The summed E-state index contributed by atoms with van der Waals surface area (Å²) in [6, 6.07) is 0. The van der Waals surface area contributed by atoms with Crippen LogP contribution < -0.4 is 0 Å². The molecule has 0 aliphatic carbocycles. The van der Waals surface area contributed by atoms with Crippen molar-refractivity contribution in [2.75, 3.05) is 0 Å². The molecule has 3 saturated heterocycles.